The van der Waals surface area contributed by atoms with Crippen LogP contribution >= 0.6 is 12.2 Å². The van der Waals surface area contributed by atoms with Crippen LogP contribution in [0.2, 0.25) is 0 Å². The fourth-order valence-electron chi connectivity index (χ4n) is 1.59. The summed E-state index contributed by atoms with van der Waals surface area (Å²) in [5.74, 6) is 0.322. The molecule has 2 rings (SSSR count). The number of thiocarbonyl (C=S) groups is 1. The highest BCUT2D eigenvalue weighted by Gasteiger charge is 2.20. The van der Waals surface area contributed by atoms with E-state index in [0.717, 1.165) is 0 Å². The lowest BCUT2D eigenvalue weighted by molar-refractivity contribution is 0.417. The molecule has 4 N–H and O–H groups in total. The van der Waals surface area contributed by atoms with E-state index in [0.29, 0.717) is 11.3 Å². The van der Waals surface area contributed by atoms with Crippen molar-refractivity contribution in [2.75, 3.05) is 11.8 Å². The zero-order chi connectivity index (χ0) is 14.8. The first kappa shape index (κ1) is 14.3. The van der Waals surface area contributed by atoms with E-state index in [1.807, 2.05) is 0 Å². The predicted octanol–water partition coefficient (Wildman–Crippen LogP) is 0.853. The van der Waals surface area contributed by atoms with Crippen LogP contribution in [0.4, 0.5) is 5.69 Å². The third-order valence-corrected chi connectivity index (χ3v) is 4.07. The molecule has 0 unspecified atom stereocenters. The minimum Gasteiger partial charge on any atom is -0.495 e. The van der Waals surface area contributed by atoms with Gasteiger partial charge in [0.25, 0.3) is 10.0 Å². The van der Waals surface area contributed by atoms with Gasteiger partial charge in [0, 0.05) is 11.8 Å². The molecule has 0 atom stereocenters. The van der Waals surface area contributed by atoms with Crippen molar-refractivity contribution in [3.8, 4) is 5.75 Å². The summed E-state index contributed by atoms with van der Waals surface area (Å²) in [6, 6.07) is 4.88. The molecule has 7 nitrogen and oxygen atoms in total. The molecule has 1 heterocycles. The number of anilines is 1. The average Bonchev–Trinajstić information content (AvgIpc) is 2.93. The lowest BCUT2D eigenvalue weighted by Crippen LogP contribution is -2.18. The zero-order valence-corrected chi connectivity index (χ0v) is 12.1. The molecule has 9 heteroatoms. The number of aromatic nitrogens is 2. The van der Waals surface area contributed by atoms with Gasteiger partial charge in [0.1, 0.15) is 21.3 Å². The van der Waals surface area contributed by atoms with E-state index in [1.54, 1.807) is 18.2 Å². The van der Waals surface area contributed by atoms with Crippen LogP contribution in [-0.2, 0) is 10.0 Å². The Hall–Kier alpha value is -2.13. The first-order valence-corrected chi connectivity index (χ1v) is 7.33. The highest BCUT2D eigenvalue weighted by Crippen LogP contribution is 2.30. The number of nitrogens with zero attached hydrogens (tertiary/aromatic N) is 1. The molecule has 0 aliphatic carbocycles. The van der Waals surface area contributed by atoms with Crippen molar-refractivity contribution in [3.05, 3.63) is 36.2 Å². The summed E-state index contributed by atoms with van der Waals surface area (Å²) < 4.78 is 31.9. The topological polar surface area (TPSA) is 110 Å². The number of sulfonamides is 1. The Morgan fingerprint density at radius 1 is 1.50 bits per heavy atom. The second kappa shape index (κ2) is 5.47. The number of H-pyrrole nitrogens is 1. The van der Waals surface area contributed by atoms with Gasteiger partial charge in [-0.15, -0.1) is 0 Å². The molecule has 0 saturated carbocycles. The van der Waals surface area contributed by atoms with E-state index in [4.69, 9.17) is 22.7 Å². The number of nitrogens with one attached hydrogen (secondary N) is 2. The number of hydrogen-bond acceptors (Lipinski definition) is 5. The van der Waals surface area contributed by atoms with Crippen LogP contribution in [0.3, 0.4) is 0 Å². The van der Waals surface area contributed by atoms with Crippen molar-refractivity contribution in [3.63, 3.8) is 0 Å². The Morgan fingerprint density at radius 2 is 2.25 bits per heavy atom. The Bertz CT molecular complexity index is 726. The van der Waals surface area contributed by atoms with Crippen LogP contribution < -0.4 is 15.2 Å². The lowest BCUT2D eigenvalue weighted by atomic mass is 10.1. The SMILES string of the molecule is COc1cccc(C(N)=S)c1NS(=O)(=O)c1cn[nH]c1. The predicted molar refractivity (Wildman–Crippen MR) is 78.3 cm³/mol. The molecule has 0 radical (unpaired) electrons. The molecule has 1 aromatic heterocycles. The highest BCUT2D eigenvalue weighted by atomic mass is 32.2. The standard InChI is InChI=1S/C11H12N4O3S2/c1-18-9-4-2-3-8(11(12)19)10(9)15-20(16,17)7-5-13-14-6-7/h2-6,15H,1H3,(H2,12,19)(H,13,14). The molecule has 0 saturated heterocycles. The number of aromatic amines is 1. The van der Waals surface area contributed by atoms with Gasteiger partial charge in [-0.25, -0.2) is 8.42 Å². The highest BCUT2D eigenvalue weighted by molar-refractivity contribution is 7.92. The van der Waals surface area contributed by atoms with Crippen molar-refractivity contribution >= 4 is 32.9 Å². The van der Waals surface area contributed by atoms with Crippen molar-refractivity contribution < 1.29 is 13.2 Å². The number of rotatable bonds is 5. The fourth-order valence-corrected chi connectivity index (χ4v) is 2.76. The van der Waals surface area contributed by atoms with Gasteiger partial charge in [-0.05, 0) is 12.1 Å². The molecule has 0 bridgehead atoms. The van der Waals surface area contributed by atoms with Crippen LogP contribution in [0.15, 0.2) is 35.5 Å². The summed E-state index contributed by atoms with van der Waals surface area (Å²) in [6.45, 7) is 0. The fraction of sp³-hybridized carbons (Fsp3) is 0.0909. The number of nitrogens with two attached hydrogens (primary N) is 1. The average molecular weight is 312 g/mol. The molecule has 0 fully saturated rings. The first-order chi connectivity index (χ1) is 9.45. The van der Waals surface area contributed by atoms with Crippen LogP contribution in [0.5, 0.6) is 5.75 Å². The molecule has 0 aliphatic heterocycles. The van der Waals surface area contributed by atoms with Gasteiger partial charge in [0.15, 0.2) is 0 Å². The van der Waals surface area contributed by atoms with Crippen LogP contribution in [0.25, 0.3) is 0 Å². The van der Waals surface area contributed by atoms with E-state index in [2.05, 4.69) is 14.9 Å². The Kier molecular flexibility index (Phi) is 3.91. The maximum Gasteiger partial charge on any atom is 0.265 e. The second-order valence-corrected chi connectivity index (χ2v) is 5.91. The third kappa shape index (κ3) is 2.73. The van der Waals surface area contributed by atoms with E-state index < -0.39 is 10.0 Å². The van der Waals surface area contributed by atoms with E-state index in [-0.39, 0.29) is 15.6 Å². The quantitative estimate of drug-likeness (QED) is 0.706. The van der Waals surface area contributed by atoms with Gasteiger partial charge < -0.3 is 10.5 Å². The van der Waals surface area contributed by atoms with Gasteiger partial charge in [-0.1, -0.05) is 18.3 Å². The molecule has 106 valence electrons. The minimum atomic E-state index is -3.80. The van der Waals surface area contributed by atoms with E-state index in [1.165, 1.54) is 19.5 Å². The van der Waals surface area contributed by atoms with Gasteiger partial charge in [-0.2, -0.15) is 5.10 Å². The monoisotopic (exact) mass is 312 g/mol. The van der Waals surface area contributed by atoms with Crippen molar-refractivity contribution in [1.82, 2.24) is 10.2 Å². The van der Waals surface area contributed by atoms with Crippen LogP contribution in [0, 0.1) is 0 Å². The summed E-state index contributed by atoms with van der Waals surface area (Å²) in [6.07, 6.45) is 2.45. The minimum absolute atomic E-state index is 0.00250. The van der Waals surface area contributed by atoms with Crippen LogP contribution in [-0.4, -0.2) is 30.7 Å². The van der Waals surface area contributed by atoms with Crippen molar-refractivity contribution in [2.45, 2.75) is 4.90 Å². The largest absolute Gasteiger partial charge is 0.495 e. The first-order valence-electron chi connectivity index (χ1n) is 5.44. The van der Waals surface area contributed by atoms with E-state index in [9.17, 15) is 8.42 Å². The summed E-state index contributed by atoms with van der Waals surface area (Å²) in [7, 11) is -2.37. The Morgan fingerprint density at radius 3 is 2.80 bits per heavy atom. The summed E-state index contributed by atoms with van der Waals surface area (Å²) in [5.41, 5.74) is 6.18. The lowest BCUT2D eigenvalue weighted by Gasteiger charge is -2.14. The molecular weight excluding hydrogens is 300 g/mol. The summed E-state index contributed by atoms with van der Waals surface area (Å²) >= 11 is 4.92. The second-order valence-electron chi connectivity index (χ2n) is 3.79. The van der Waals surface area contributed by atoms with Gasteiger partial charge in [0.2, 0.25) is 0 Å². The summed E-state index contributed by atoms with van der Waals surface area (Å²) in [5, 5.41) is 6.04. The van der Waals surface area contributed by atoms with E-state index >= 15 is 0 Å². The maximum absolute atomic E-state index is 12.2. The smallest absolute Gasteiger partial charge is 0.265 e. The number of ether oxygens (including phenoxy) is 1. The molecule has 0 spiro atoms. The summed E-state index contributed by atoms with van der Waals surface area (Å²) in [4.78, 5) is 0.0612. The van der Waals surface area contributed by atoms with Crippen molar-refractivity contribution in [2.24, 2.45) is 5.73 Å². The molecule has 0 aliphatic rings. The number of hydrogen-bond donors (Lipinski definition) is 3. The Balaban J connectivity index is 2.51. The number of methoxy groups -OCH3 is 1. The molecule has 1 aromatic carbocycles. The Labute approximate surface area is 121 Å². The van der Waals surface area contributed by atoms with Crippen LogP contribution in [0.1, 0.15) is 5.56 Å². The number of para-hydroxylation sites is 1. The molecule has 2 aromatic rings. The van der Waals surface area contributed by atoms with Gasteiger partial charge >= 0.3 is 0 Å². The number of benzene rings is 1. The molecular formula is C11H12N4O3S2. The van der Waals surface area contributed by atoms with Gasteiger partial charge in [-0.3, -0.25) is 9.82 Å². The van der Waals surface area contributed by atoms with Gasteiger partial charge in [0.05, 0.1) is 13.3 Å². The van der Waals surface area contributed by atoms with Crippen molar-refractivity contribution in [1.29, 1.82) is 0 Å². The molecule has 20 heavy (non-hydrogen) atoms. The third-order valence-electron chi connectivity index (χ3n) is 2.53. The molecule has 0 amide bonds. The normalized spacial score (nSPS) is 11.1. The maximum atomic E-state index is 12.2. The zero-order valence-electron chi connectivity index (χ0n) is 10.5.